The van der Waals surface area contributed by atoms with Gasteiger partial charge in [0.1, 0.15) is 5.01 Å². The van der Waals surface area contributed by atoms with E-state index in [1.165, 1.54) is 18.4 Å². The minimum Gasteiger partial charge on any atom is -0.469 e. The minimum atomic E-state index is -0.305. The SMILES string of the molecule is COC(=O)CCc1cnc([C@@H]2C[C@H](N3C[C@@H](C)O[C@@H](C)C3)CN2C(=O)Cc2cc(Cl)c(NC(=O)c3cn(C)c4ccccc34)cc2Cl)s1. The molecule has 254 valence electrons. The summed E-state index contributed by atoms with van der Waals surface area (Å²) in [7, 11) is 3.27. The molecular weight excluding hydrogens is 673 g/mol. The van der Waals surface area contributed by atoms with Gasteiger partial charge in [-0.15, -0.1) is 11.3 Å². The van der Waals surface area contributed by atoms with Crippen LogP contribution in [0, 0.1) is 0 Å². The van der Waals surface area contributed by atoms with Gasteiger partial charge in [0.05, 0.1) is 54.5 Å². The van der Waals surface area contributed by atoms with Gasteiger partial charge in [0.2, 0.25) is 5.91 Å². The Morgan fingerprint density at radius 3 is 2.58 bits per heavy atom. The third-order valence-corrected chi connectivity index (χ3v) is 10.9. The molecular formula is C35H39Cl2N5O5S. The minimum absolute atomic E-state index is 0.0375. The quantitative estimate of drug-likeness (QED) is 0.203. The molecule has 2 saturated heterocycles. The number of aromatic nitrogens is 2. The summed E-state index contributed by atoms with van der Waals surface area (Å²) >= 11 is 14.9. The summed E-state index contributed by atoms with van der Waals surface area (Å²) in [5.74, 6) is -0.665. The molecule has 0 bridgehead atoms. The molecule has 1 N–H and O–H groups in total. The molecule has 2 aromatic heterocycles. The van der Waals surface area contributed by atoms with Crippen molar-refractivity contribution in [3.05, 3.63) is 79.8 Å². The zero-order chi connectivity index (χ0) is 34.1. The molecule has 2 aliphatic rings. The van der Waals surface area contributed by atoms with Crippen molar-refractivity contribution in [2.24, 2.45) is 7.05 Å². The second-order valence-corrected chi connectivity index (χ2v) is 14.6. The molecule has 0 saturated carbocycles. The number of aryl methyl sites for hydroxylation is 2. The number of carbonyl (C=O) groups excluding carboxylic acids is 3. The number of thiazole rings is 1. The highest BCUT2D eigenvalue weighted by molar-refractivity contribution is 7.11. The van der Waals surface area contributed by atoms with Crippen molar-refractivity contribution in [2.75, 3.05) is 32.1 Å². The molecule has 10 nitrogen and oxygen atoms in total. The lowest BCUT2D eigenvalue weighted by Crippen LogP contribution is -2.51. The molecule has 2 aliphatic heterocycles. The van der Waals surface area contributed by atoms with Crippen LogP contribution < -0.4 is 5.32 Å². The Balaban J connectivity index is 1.20. The molecule has 0 aliphatic carbocycles. The number of amides is 2. The number of halogens is 2. The van der Waals surface area contributed by atoms with Crippen LogP contribution in [0.3, 0.4) is 0 Å². The Bertz CT molecular complexity index is 1830. The maximum absolute atomic E-state index is 14.1. The van der Waals surface area contributed by atoms with Crippen LogP contribution in [-0.4, -0.2) is 82.1 Å². The summed E-state index contributed by atoms with van der Waals surface area (Å²) in [6, 6.07) is 10.9. The number of fused-ring (bicyclic) bond motifs is 1. The fraction of sp³-hybridized carbons (Fsp3) is 0.429. The zero-order valence-corrected chi connectivity index (χ0v) is 29.7. The number of likely N-dealkylation sites (tertiary alicyclic amines) is 1. The van der Waals surface area contributed by atoms with E-state index in [2.05, 4.69) is 24.1 Å². The Morgan fingerprint density at radius 1 is 1.08 bits per heavy atom. The Kier molecular flexibility index (Phi) is 10.4. The maximum atomic E-state index is 14.1. The normalized spacial score (nSPS) is 21.5. The number of ether oxygens (including phenoxy) is 2. The van der Waals surface area contributed by atoms with E-state index >= 15 is 0 Å². The van der Waals surface area contributed by atoms with E-state index in [4.69, 9.17) is 37.7 Å². The van der Waals surface area contributed by atoms with Gasteiger partial charge in [-0.3, -0.25) is 19.3 Å². The standard InChI is InChI=1S/C35H39Cl2N5O5S/c1-20-16-41(17-21(2)47-20)23-13-31(35-38-15-24(48-35)9-10-33(44)46-4)42(18-23)32(43)12-22-11-28(37)29(14-27(22)36)39-34(45)26-19-40(3)30-8-6-5-7-25(26)30/h5-8,11,14-15,19-21,23,31H,9-10,12-13,16-18H2,1-4H3,(H,39,45)/t20-,21+,23-,31-/m0/s1. The van der Waals surface area contributed by atoms with E-state index in [9.17, 15) is 14.4 Å². The van der Waals surface area contributed by atoms with Gasteiger partial charge in [-0.05, 0) is 50.5 Å². The van der Waals surface area contributed by atoms with Gasteiger partial charge in [-0.2, -0.15) is 0 Å². The van der Waals surface area contributed by atoms with Crippen LogP contribution in [-0.2, 0) is 39.0 Å². The lowest BCUT2D eigenvalue weighted by atomic mass is 10.1. The molecule has 2 amide bonds. The number of rotatable bonds is 9. The Hall–Kier alpha value is -3.48. The highest BCUT2D eigenvalue weighted by Gasteiger charge is 2.42. The van der Waals surface area contributed by atoms with Gasteiger partial charge in [0.15, 0.2) is 0 Å². The molecule has 2 aromatic carbocycles. The third-order valence-electron chi connectivity index (χ3n) is 9.09. The molecule has 0 radical (unpaired) electrons. The van der Waals surface area contributed by atoms with Crippen LogP contribution in [0.25, 0.3) is 10.9 Å². The van der Waals surface area contributed by atoms with E-state index < -0.39 is 0 Å². The molecule has 4 aromatic rings. The highest BCUT2D eigenvalue weighted by atomic mass is 35.5. The van der Waals surface area contributed by atoms with E-state index in [-0.39, 0.29) is 59.9 Å². The smallest absolute Gasteiger partial charge is 0.305 e. The van der Waals surface area contributed by atoms with Gasteiger partial charge in [0, 0.05) is 65.9 Å². The molecule has 6 rings (SSSR count). The Labute approximate surface area is 293 Å². The van der Waals surface area contributed by atoms with Gasteiger partial charge in [0.25, 0.3) is 5.91 Å². The maximum Gasteiger partial charge on any atom is 0.305 e. The molecule has 4 atom stereocenters. The van der Waals surface area contributed by atoms with Crippen molar-refractivity contribution in [3.63, 3.8) is 0 Å². The van der Waals surface area contributed by atoms with Crippen molar-refractivity contribution in [1.82, 2.24) is 19.4 Å². The average Bonchev–Trinajstić information content (AvgIpc) is 3.79. The number of hydrogen-bond donors (Lipinski definition) is 1. The highest BCUT2D eigenvalue weighted by Crippen LogP contribution is 2.39. The summed E-state index contributed by atoms with van der Waals surface area (Å²) < 4.78 is 12.7. The average molecular weight is 713 g/mol. The fourth-order valence-corrected chi connectivity index (χ4v) is 8.33. The number of esters is 1. The Morgan fingerprint density at radius 2 is 1.83 bits per heavy atom. The number of nitrogens with zero attached hydrogens (tertiary/aromatic N) is 4. The number of anilines is 1. The predicted molar refractivity (Wildman–Crippen MR) is 188 cm³/mol. The number of carbonyl (C=O) groups is 3. The van der Waals surface area contributed by atoms with Crippen LogP contribution in [0.15, 0.2) is 48.8 Å². The topological polar surface area (TPSA) is 106 Å². The molecule has 13 heteroatoms. The first-order chi connectivity index (χ1) is 23.0. The van der Waals surface area contributed by atoms with Gasteiger partial charge < -0.3 is 24.3 Å². The van der Waals surface area contributed by atoms with Crippen LogP contribution >= 0.6 is 34.5 Å². The number of hydrogen-bond acceptors (Lipinski definition) is 8. The zero-order valence-electron chi connectivity index (χ0n) is 27.4. The summed E-state index contributed by atoms with van der Waals surface area (Å²) in [6.45, 7) is 6.28. The van der Waals surface area contributed by atoms with Gasteiger partial charge in [-0.1, -0.05) is 41.4 Å². The number of methoxy groups -OCH3 is 1. The van der Waals surface area contributed by atoms with E-state index in [0.717, 1.165) is 40.3 Å². The van der Waals surface area contributed by atoms with Crippen molar-refractivity contribution in [2.45, 2.75) is 63.8 Å². The predicted octanol–water partition coefficient (Wildman–Crippen LogP) is 6.29. The van der Waals surface area contributed by atoms with Crippen LogP contribution in [0.4, 0.5) is 5.69 Å². The number of morpholine rings is 1. The van der Waals surface area contributed by atoms with Crippen LogP contribution in [0.1, 0.15) is 58.5 Å². The summed E-state index contributed by atoms with van der Waals surface area (Å²) in [5, 5.41) is 5.19. The molecule has 48 heavy (non-hydrogen) atoms. The monoisotopic (exact) mass is 711 g/mol. The number of para-hydroxylation sites is 1. The molecule has 2 fully saturated rings. The number of benzene rings is 2. The summed E-state index contributed by atoms with van der Waals surface area (Å²) in [6.07, 6.45) is 5.35. The largest absolute Gasteiger partial charge is 0.469 e. The molecule has 0 unspecified atom stereocenters. The van der Waals surface area contributed by atoms with Gasteiger partial charge in [-0.25, -0.2) is 4.98 Å². The van der Waals surface area contributed by atoms with E-state index in [1.807, 2.05) is 40.8 Å². The molecule has 4 heterocycles. The van der Waals surface area contributed by atoms with Crippen molar-refractivity contribution in [1.29, 1.82) is 0 Å². The lowest BCUT2D eigenvalue weighted by Gasteiger charge is -2.38. The first-order valence-electron chi connectivity index (χ1n) is 16.0. The second kappa shape index (κ2) is 14.6. The molecule has 0 spiro atoms. The summed E-state index contributed by atoms with van der Waals surface area (Å²) in [5.41, 5.74) is 2.40. The van der Waals surface area contributed by atoms with Crippen LogP contribution in [0.5, 0.6) is 0 Å². The van der Waals surface area contributed by atoms with Gasteiger partial charge >= 0.3 is 5.97 Å². The number of nitrogens with one attached hydrogen (secondary N) is 1. The lowest BCUT2D eigenvalue weighted by molar-refractivity contribution is -0.140. The summed E-state index contributed by atoms with van der Waals surface area (Å²) in [4.78, 5) is 49.1. The van der Waals surface area contributed by atoms with E-state index in [1.54, 1.807) is 24.5 Å². The first-order valence-corrected chi connectivity index (χ1v) is 17.6. The van der Waals surface area contributed by atoms with Crippen molar-refractivity contribution in [3.8, 4) is 0 Å². The third kappa shape index (κ3) is 7.40. The van der Waals surface area contributed by atoms with E-state index in [0.29, 0.717) is 34.8 Å². The van der Waals surface area contributed by atoms with Crippen molar-refractivity contribution < 1.29 is 23.9 Å². The van der Waals surface area contributed by atoms with Crippen molar-refractivity contribution >= 4 is 68.9 Å². The first kappa shape index (κ1) is 34.4. The van der Waals surface area contributed by atoms with Crippen LogP contribution in [0.2, 0.25) is 10.0 Å². The second-order valence-electron chi connectivity index (χ2n) is 12.6. The fourth-order valence-electron chi connectivity index (χ4n) is 6.82.